The van der Waals surface area contributed by atoms with E-state index in [1.54, 1.807) is 12.2 Å². The number of carbonyl (C=O) groups excluding carboxylic acids is 1. The van der Waals surface area contributed by atoms with Gasteiger partial charge in [0.25, 0.3) is 0 Å². The van der Waals surface area contributed by atoms with E-state index < -0.39 is 11.9 Å². The van der Waals surface area contributed by atoms with Crippen molar-refractivity contribution in [3.63, 3.8) is 0 Å². The quantitative estimate of drug-likeness (QED) is 0.738. The monoisotopic (exact) mass is 274 g/mol. The minimum Gasteiger partial charge on any atom is -0.481 e. The van der Waals surface area contributed by atoms with Crippen LogP contribution in [0.4, 0.5) is 10.5 Å². The van der Waals surface area contributed by atoms with Gasteiger partial charge in [-0.25, -0.2) is 4.79 Å². The number of aliphatic carboxylic acids is 1. The van der Waals surface area contributed by atoms with Gasteiger partial charge in [-0.1, -0.05) is 31.2 Å². The first-order valence-electron chi connectivity index (χ1n) is 6.66. The number of rotatable bonds is 4. The summed E-state index contributed by atoms with van der Waals surface area (Å²) in [5.74, 6) is -1.37. The first-order valence-corrected chi connectivity index (χ1v) is 6.66. The number of hydrogen-bond donors (Lipinski definition) is 3. The van der Waals surface area contributed by atoms with Gasteiger partial charge in [-0.15, -0.1) is 0 Å². The van der Waals surface area contributed by atoms with E-state index in [9.17, 15) is 9.59 Å². The molecule has 0 aromatic heterocycles. The van der Waals surface area contributed by atoms with Gasteiger partial charge in [0, 0.05) is 5.69 Å². The smallest absolute Gasteiger partial charge is 0.319 e. The van der Waals surface area contributed by atoms with Crippen LogP contribution in [0.2, 0.25) is 0 Å². The topological polar surface area (TPSA) is 78.4 Å². The summed E-state index contributed by atoms with van der Waals surface area (Å²) in [4.78, 5) is 22.6. The number of urea groups is 1. The maximum absolute atomic E-state index is 11.8. The summed E-state index contributed by atoms with van der Waals surface area (Å²) >= 11 is 0. The Hall–Kier alpha value is -2.30. The molecule has 106 valence electrons. The van der Waals surface area contributed by atoms with Crippen LogP contribution in [0, 0.1) is 5.92 Å². The molecule has 0 fully saturated rings. The van der Waals surface area contributed by atoms with Gasteiger partial charge in [0.15, 0.2) is 0 Å². The minimum absolute atomic E-state index is 0.231. The second-order valence-corrected chi connectivity index (χ2v) is 4.82. The molecule has 5 heteroatoms. The summed E-state index contributed by atoms with van der Waals surface area (Å²) in [6.45, 7) is 2.07. The number of benzene rings is 1. The standard InChI is InChI=1S/C15H18N2O3/c1-2-10-3-6-12(7-4-10)16-15(20)17-13-8-5-11(9-13)14(18)19/h3-8,11,13H,2,9H2,1H3,(H,18,19)(H2,16,17,20). The summed E-state index contributed by atoms with van der Waals surface area (Å²) in [6.07, 6.45) is 4.69. The highest BCUT2D eigenvalue weighted by molar-refractivity contribution is 5.89. The molecular weight excluding hydrogens is 256 g/mol. The summed E-state index contributed by atoms with van der Waals surface area (Å²) in [5, 5.41) is 14.3. The van der Waals surface area contributed by atoms with E-state index >= 15 is 0 Å². The summed E-state index contributed by atoms with van der Waals surface area (Å²) in [6, 6.07) is 7.07. The Morgan fingerprint density at radius 1 is 1.25 bits per heavy atom. The van der Waals surface area contributed by atoms with Crippen LogP contribution >= 0.6 is 0 Å². The maximum Gasteiger partial charge on any atom is 0.319 e. The molecule has 0 heterocycles. The molecule has 2 atom stereocenters. The van der Waals surface area contributed by atoms with Crippen LogP contribution in [-0.2, 0) is 11.2 Å². The van der Waals surface area contributed by atoms with Crippen LogP contribution < -0.4 is 10.6 Å². The number of hydrogen-bond acceptors (Lipinski definition) is 2. The number of carboxylic acids is 1. The third kappa shape index (κ3) is 3.60. The predicted molar refractivity (Wildman–Crippen MR) is 76.6 cm³/mol. The van der Waals surface area contributed by atoms with Crippen molar-refractivity contribution < 1.29 is 14.7 Å². The average Bonchev–Trinajstić information content (AvgIpc) is 2.88. The first kappa shape index (κ1) is 14.1. The van der Waals surface area contributed by atoms with E-state index in [0.717, 1.165) is 12.1 Å². The molecule has 5 nitrogen and oxygen atoms in total. The Labute approximate surface area is 117 Å². The van der Waals surface area contributed by atoms with Crippen LogP contribution in [-0.4, -0.2) is 23.1 Å². The molecule has 0 aliphatic heterocycles. The van der Waals surface area contributed by atoms with Gasteiger partial charge in [0.1, 0.15) is 0 Å². The van der Waals surface area contributed by atoms with Gasteiger partial charge >= 0.3 is 12.0 Å². The highest BCUT2D eigenvalue weighted by Gasteiger charge is 2.25. The van der Waals surface area contributed by atoms with Crippen LogP contribution in [0.1, 0.15) is 18.9 Å². The highest BCUT2D eigenvalue weighted by atomic mass is 16.4. The van der Waals surface area contributed by atoms with Gasteiger partial charge in [0.05, 0.1) is 12.0 Å². The zero-order valence-corrected chi connectivity index (χ0v) is 11.3. The lowest BCUT2D eigenvalue weighted by molar-refractivity contribution is -0.140. The summed E-state index contributed by atoms with van der Waals surface area (Å²) in [7, 11) is 0. The van der Waals surface area contributed by atoms with Crippen LogP contribution in [0.15, 0.2) is 36.4 Å². The first-order chi connectivity index (χ1) is 9.58. The molecule has 2 unspecified atom stereocenters. The molecule has 0 saturated carbocycles. The molecule has 0 saturated heterocycles. The lowest BCUT2D eigenvalue weighted by Crippen LogP contribution is -2.36. The van der Waals surface area contributed by atoms with Gasteiger partial charge in [-0.05, 0) is 30.5 Å². The Morgan fingerprint density at radius 3 is 2.50 bits per heavy atom. The van der Waals surface area contributed by atoms with Crippen molar-refractivity contribution in [2.45, 2.75) is 25.8 Å². The van der Waals surface area contributed by atoms with Crippen molar-refractivity contribution in [2.24, 2.45) is 5.92 Å². The number of amides is 2. The van der Waals surface area contributed by atoms with E-state index in [1.807, 2.05) is 24.3 Å². The number of anilines is 1. The zero-order valence-electron chi connectivity index (χ0n) is 11.3. The molecule has 0 radical (unpaired) electrons. The van der Waals surface area contributed by atoms with Crippen molar-refractivity contribution in [1.82, 2.24) is 5.32 Å². The molecule has 3 N–H and O–H groups in total. The van der Waals surface area contributed by atoms with E-state index in [1.165, 1.54) is 5.56 Å². The highest BCUT2D eigenvalue weighted by Crippen LogP contribution is 2.18. The number of carbonyl (C=O) groups is 2. The predicted octanol–water partition coefficient (Wildman–Crippen LogP) is 2.40. The average molecular weight is 274 g/mol. The van der Waals surface area contributed by atoms with E-state index in [-0.39, 0.29) is 12.1 Å². The lowest BCUT2D eigenvalue weighted by atomic mass is 10.1. The van der Waals surface area contributed by atoms with Crippen molar-refractivity contribution >= 4 is 17.7 Å². The van der Waals surface area contributed by atoms with Crippen molar-refractivity contribution in [1.29, 1.82) is 0 Å². The van der Waals surface area contributed by atoms with Gasteiger partial charge in [-0.2, -0.15) is 0 Å². The third-order valence-electron chi connectivity index (χ3n) is 3.34. The van der Waals surface area contributed by atoms with Crippen LogP contribution in [0.25, 0.3) is 0 Å². The molecule has 1 aromatic rings. The second kappa shape index (κ2) is 6.23. The second-order valence-electron chi connectivity index (χ2n) is 4.82. The molecule has 1 aliphatic rings. The van der Waals surface area contributed by atoms with Crippen LogP contribution in [0.5, 0.6) is 0 Å². The molecule has 1 aliphatic carbocycles. The maximum atomic E-state index is 11.8. The normalized spacial score (nSPS) is 20.6. The molecule has 20 heavy (non-hydrogen) atoms. The van der Waals surface area contributed by atoms with Crippen molar-refractivity contribution in [3.05, 3.63) is 42.0 Å². The SMILES string of the molecule is CCc1ccc(NC(=O)NC2C=CC(C(=O)O)C2)cc1. The fourth-order valence-electron chi connectivity index (χ4n) is 2.15. The number of carboxylic acid groups (broad SMARTS) is 1. The largest absolute Gasteiger partial charge is 0.481 e. The van der Waals surface area contributed by atoms with Gasteiger partial charge in [-0.3, -0.25) is 4.79 Å². The summed E-state index contributed by atoms with van der Waals surface area (Å²) < 4.78 is 0. The Kier molecular flexibility index (Phi) is 4.40. The summed E-state index contributed by atoms with van der Waals surface area (Å²) in [5.41, 5.74) is 1.93. The molecule has 0 spiro atoms. The molecule has 0 bridgehead atoms. The van der Waals surface area contributed by atoms with Crippen molar-refractivity contribution in [3.8, 4) is 0 Å². The Bertz CT molecular complexity index is 522. The lowest BCUT2D eigenvalue weighted by Gasteiger charge is -2.13. The van der Waals surface area contributed by atoms with Crippen molar-refractivity contribution in [2.75, 3.05) is 5.32 Å². The molecule has 2 rings (SSSR count). The Balaban J connectivity index is 1.84. The fourth-order valence-corrected chi connectivity index (χ4v) is 2.15. The van der Waals surface area contributed by atoms with E-state index in [4.69, 9.17) is 5.11 Å². The van der Waals surface area contributed by atoms with Gasteiger partial charge in [0.2, 0.25) is 0 Å². The van der Waals surface area contributed by atoms with Gasteiger partial charge < -0.3 is 15.7 Å². The number of nitrogens with one attached hydrogen (secondary N) is 2. The molecule has 2 amide bonds. The number of aryl methyl sites for hydroxylation is 1. The molecule has 1 aromatic carbocycles. The Morgan fingerprint density at radius 2 is 1.95 bits per heavy atom. The van der Waals surface area contributed by atoms with Crippen LogP contribution in [0.3, 0.4) is 0 Å². The zero-order chi connectivity index (χ0) is 14.5. The molecular formula is C15H18N2O3. The van der Waals surface area contributed by atoms with E-state index in [0.29, 0.717) is 6.42 Å². The van der Waals surface area contributed by atoms with E-state index in [2.05, 4.69) is 17.6 Å². The minimum atomic E-state index is -0.860. The fraction of sp³-hybridized carbons (Fsp3) is 0.333. The third-order valence-corrected chi connectivity index (χ3v) is 3.34.